The second kappa shape index (κ2) is 5.98. The van der Waals surface area contributed by atoms with Gasteiger partial charge in [-0.2, -0.15) is 0 Å². The third kappa shape index (κ3) is 3.00. The number of ketones is 1. The van der Waals surface area contributed by atoms with E-state index in [9.17, 15) is 9.59 Å². The monoisotopic (exact) mass is 287 g/mol. The molecule has 1 amide bonds. The number of fused-ring (bicyclic) bond motifs is 1. The summed E-state index contributed by atoms with van der Waals surface area (Å²) >= 11 is 0. The average molecular weight is 287 g/mol. The minimum Gasteiger partial charge on any atom is -0.375 e. The summed E-state index contributed by atoms with van der Waals surface area (Å²) in [5.74, 6) is -0.793. The third-order valence-electron chi connectivity index (χ3n) is 4.33. The maximum Gasteiger partial charge on any atom is 0.295 e. The van der Waals surface area contributed by atoms with Gasteiger partial charge in [-0.1, -0.05) is 12.1 Å². The van der Waals surface area contributed by atoms with Crippen LogP contribution in [0, 0.1) is 0 Å². The van der Waals surface area contributed by atoms with Gasteiger partial charge in [0, 0.05) is 18.7 Å². The molecule has 1 fully saturated rings. The van der Waals surface area contributed by atoms with Gasteiger partial charge in [-0.3, -0.25) is 9.59 Å². The molecule has 1 unspecified atom stereocenters. The minimum atomic E-state index is -0.402. The van der Waals surface area contributed by atoms with Crippen LogP contribution in [0.5, 0.6) is 0 Å². The highest BCUT2D eigenvalue weighted by molar-refractivity contribution is 6.42. The number of hydrogen-bond donors (Lipinski definition) is 0. The second-order valence-corrected chi connectivity index (χ2v) is 5.95. The first-order valence-electron chi connectivity index (χ1n) is 7.72. The van der Waals surface area contributed by atoms with Gasteiger partial charge in [0.1, 0.15) is 0 Å². The van der Waals surface area contributed by atoms with Gasteiger partial charge in [-0.15, -0.1) is 0 Å². The Hall–Kier alpha value is -1.68. The number of morpholine rings is 1. The van der Waals surface area contributed by atoms with Crippen molar-refractivity contribution in [3.63, 3.8) is 0 Å². The van der Waals surface area contributed by atoms with E-state index in [1.807, 2.05) is 19.1 Å². The normalized spacial score (nSPS) is 21.8. The van der Waals surface area contributed by atoms with E-state index >= 15 is 0 Å². The van der Waals surface area contributed by atoms with E-state index in [1.54, 1.807) is 11.0 Å². The number of benzene rings is 1. The number of carbonyl (C=O) groups excluding carboxylic acids is 2. The van der Waals surface area contributed by atoms with Crippen LogP contribution in [0.4, 0.5) is 0 Å². The highest BCUT2D eigenvalue weighted by Crippen LogP contribution is 2.22. The highest BCUT2D eigenvalue weighted by Gasteiger charge is 2.27. The molecule has 1 aromatic rings. The molecule has 21 heavy (non-hydrogen) atoms. The maximum atomic E-state index is 12.4. The van der Waals surface area contributed by atoms with Gasteiger partial charge in [-0.25, -0.2) is 0 Å². The molecule has 1 aliphatic heterocycles. The summed E-state index contributed by atoms with van der Waals surface area (Å²) in [6, 6.07) is 5.73. The minimum absolute atomic E-state index is 0.000895. The summed E-state index contributed by atoms with van der Waals surface area (Å²) in [6.07, 6.45) is 4.47. The Labute approximate surface area is 125 Å². The van der Waals surface area contributed by atoms with Crippen LogP contribution >= 0.6 is 0 Å². The van der Waals surface area contributed by atoms with Crippen molar-refractivity contribution in [3.05, 3.63) is 34.9 Å². The molecule has 1 saturated heterocycles. The molecule has 1 aromatic carbocycles. The first kappa shape index (κ1) is 14.3. The third-order valence-corrected chi connectivity index (χ3v) is 4.33. The number of Topliss-reactive ketones (excluding diaryl/α,β-unsaturated/α-hetero) is 1. The molecular formula is C17H21NO3. The zero-order valence-electron chi connectivity index (χ0n) is 12.4. The Morgan fingerprint density at radius 2 is 1.95 bits per heavy atom. The van der Waals surface area contributed by atoms with E-state index in [2.05, 4.69) is 0 Å². The standard InChI is InChI=1S/C17H21NO3/c1-12-11-18(8-9-21-12)17(20)16(19)15-7-6-13-4-2-3-5-14(13)10-15/h6-7,10,12H,2-5,8-9,11H2,1H3. The molecular weight excluding hydrogens is 266 g/mol. The molecule has 0 bridgehead atoms. The Kier molecular flexibility index (Phi) is 4.06. The van der Waals surface area contributed by atoms with Crippen LogP contribution in [0.1, 0.15) is 41.3 Å². The summed E-state index contributed by atoms with van der Waals surface area (Å²) in [6.45, 7) is 3.42. The van der Waals surface area contributed by atoms with Crippen LogP contribution in [-0.4, -0.2) is 42.4 Å². The summed E-state index contributed by atoms with van der Waals surface area (Å²) < 4.78 is 5.41. The van der Waals surface area contributed by atoms with Crippen LogP contribution in [0.25, 0.3) is 0 Å². The lowest BCUT2D eigenvalue weighted by Gasteiger charge is -2.30. The number of nitrogens with zero attached hydrogens (tertiary/aromatic N) is 1. The van der Waals surface area contributed by atoms with Gasteiger partial charge >= 0.3 is 0 Å². The van der Waals surface area contributed by atoms with Crippen LogP contribution in [0.15, 0.2) is 18.2 Å². The van der Waals surface area contributed by atoms with E-state index in [4.69, 9.17) is 4.74 Å². The molecule has 0 spiro atoms. The molecule has 1 heterocycles. The van der Waals surface area contributed by atoms with E-state index in [-0.39, 0.29) is 6.10 Å². The predicted molar refractivity (Wildman–Crippen MR) is 79.4 cm³/mol. The van der Waals surface area contributed by atoms with Crippen LogP contribution in [0.3, 0.4) is 0 Å². The topological polar surface area (TPSA) is 46.6 Å². The zero-order valence-corrected chi connectivity index (χ0v) is 12.4. The SMILES string of the molecule is CC1CN(C(=O)C(=O)c2ccc3c(c2)CCCC3)CCO1. The van der Waals surface area contributed by atoms with Crippen molar-refractivity contribution in [2.45, 2.75) is 38.7 Å². The smallest absolute Gasteiger partial charge is 0.295 e. The Bertz CT molecular complexity index is 567. The number of ether oxygens (including phenoxy) is 1. The van der Waals surface area contributed by atoms with E-state index in [0.29, 0.717) is 25.3 Å². The van der Waals surface area contributed by atoms with Crippen molar-refractivity contribution in [1.29, 1.82) is 0 Å². The molecule has 4 nitrogen and oxygen atoms in total. The van der Waals surface area contributed by atoms with E-state index in [1.165, 1.54) is 24.0 Å². The predicted octanol–water partition coefficient (Wildman–Crippen LogP) is 2.00. The number of amides is 1. The maximum absolute atomic E-state index is 12.4. The Morgan fingerprint density at radius 1 is 1.19 bits per heavy atom. The quantitative estimate of drug-likeness (QED) is 0.617. The molecule has 112 valence electrons. The fourth-order valence-electron chi connectivity index (χ4n) is 3.14. The van der Waals surface area contributed by atoms with Gasteiger partial charge in [-0.05, 0) is 49.8 Å². The van der Waals surface area contributed by atoms with Crippen LogP contribution < -0.4 is 0 Å². The Morgan fingerprint density at radius 3 is 2.71 bits per heavy atom. The number of hydrogen-bond acceptors (Lipinski definition) is 3. The molecule has 0 aromatic heterocycles. The fraction of sp³-hybridized carbons (Fsp3) is 0.529. The van der Waals surface area contributed by atoms with Crippen LogP contribution in [-0.2, 0) is 22.4 Å². The molecule has 1 atom stereocenters. The first-order valence-corrected chi connectivity index (χ1v) is 7.72. The Balaban J connectivity index is 1.76. The molecule has 0 radical (unpaired) electrons. The fourth-order valence-corrected chi connectivity index (χ4v) is 3.14. The van der Waals surface area contributed by atoms with Crippen molar-refractivity contribution < 1.29 is 14.3 Å². The van der Waals surface area contributed by atoms with Gasteiger partial charge in [0.05, 0.1) is 12.7 Å². The summed E-state index contributed by atoms with van der Waals surface area (Å²) in [4.78, 5) is 26.3. The number of carbonyl (C=O) groups is 2. The zero-order chi connectivity index (χ0) is 14.8. The second-order valence-electron chi connectivity index (χ2n) is 5.95. The summed E-state index contributed by atoms with van der Waals surface area (Å²) in [5.41, 5.74) is 3.08. The molecule has 1 aliphatic carbocycles. The van der Waals surface area contributed by atoms with E-state index < -0.39 is 11.7 Å². The van der Waals surface area contributed by atoms with Crippen LogP contribution in [0.2, 0.25) is 0 Å². The van der Waals surface area contributed by atoms with Gasteiger partial charge < -0.3 is 9.64 Å². The van der Waals surface area contributed by atoms with Crippen molar-refractivity contribution >= 4 is 11.7 Å². The van der Waals surface area contributed by atoms with E-state index in [0.717, 1.165) is 12.8 Å². The van der Waals surface area contributed by atoms with Gasteiger partial charge in [0.15, 0.2) is 0 Å². The highest BCUT2D eigenvalue weighted by atomic mass is 16.5. The molecule has 0 N–H and O–H groups in total. The van der Waals surface area contributed by atoms with Crippen molar-refractivity contribution in [3.8, 4) is 0 Å². The molecule has 2 aliphatic rings. The average Bonchev–Trinajstić information content (AvgIpc) is 2.53. The van der Waals surface area contributed by atoms with Gasteiger partial charge in [0.2, 0.25) is 5.78 Å². The first-order chi connectivity index (χ1) is 10.1. The van der Waals surface area contributed by atoms with Crippen molar-refractivity contribution in [2.75, 3.05) is 19.7 Å². The number of rotatable bonds is 2. The van der Waals surface area contributed by atoms with Crippen molar-refractivity contribution in [1.82, 2.24) is 4.90 Å². The summed E-state index contributed by atoms with van der Waals surface area (Å²) in [5, 5.41) is 0. The lowest BCUT2D eigenvalue weighted by Crippen LogP contribution is -2.47. The summed E-state index contributed by atoms with van der Waals surface area (Å²) in [7, 11) is 0. The lowest BCUT2D eigenvalue weighted by molar-refractivity contribution is -0.133. The molecule has 0 saturated carbocycles. The largest absolute Gasteiger partial charge is 0.375 e. The van der Waals surface area contributed by atoms with Gasteiger partial charge in [0.25, 0.3) is 5.91 Å². The molecule has 4 heteroatoms. The lowest BCUT2D eigenvalue weighted by atomic mass is 9.89. The van der Waals surface area contributed by atoms with Crippen molar-refractivity contribution in [2.24, 2.45) is 0 Å². The molecule has 3 rings (SSSR count). The number of aryl methyl sites for hydroxylation is 2.